The molecular formula is C95H71Br2N3. The summed E-state index contributed by atoms with van der Waals surface area (Å²) in [5, 5.41) is 18.9. The largest absolute Gasteiger partial charge is 0.356 e. The molecule has 0 saturated carbocycles. The Bertz CT molecular complexity index is 5770. The third kappa shape index (κ3) is 9.79. The molecule has 0 spiro atoms. The first-order chi connectivity index (χ1) is 48.7. The summed E-state index contributed by atoms with van der Waals surface area (Å²) in [5.41, 5.74) is 25.4. The second kappa shape index (κ2) is 23.7. The van der Waals surface area contributed by atoms with Crippen LogP contribution in [0.15, 0.2) is 324 Å². The molecule has 100 heavy (non-hydrogen) atoms. The van der Waals surface area contributed by atoms with Gasteiger partial charge in [-0.2, -0.15) is 0 Å². The van der Waals surface area contributed by atoms with Crippen LogP contribution in [0.5, 0.6) is 0 Å². The summed E-state index contributed by atoms with van der Waals surface area (Å²) in [5.74, 6) is 0. The van der Waals surface area contributed by atoms with Crippen molar-refractivity contribution in [3.05, 3.63) is 358 Å². The van der Waals surface area contributed by atoms with Crippen molar-refractivity contribution in [2.75, 3.05) is 15.1 Å². The van der Waals surface area contributed by atoms with E-state index < -0.39 is 0 Å². The van der Waals surface area contributed by atoms with E-state index in [1.165, 1.54) is 143 Å². The standard InChI is InChI=1S/C58H44N2.C21H19N.C16H8Br2/c1-57(2)49-21-13-11-19-43(49)45-31-27-41(35-51(45)57)59(39-15-7-5-8-16-39)53-33-25-37-24-30-48-54(34-26-38-23-29-47(53)55(37)56(38)48)60(40-17-9-6-10-18-40)42-28-32-46-44-20-12-14-22-50(44)58(3,4)52(46)36-42;1-21(2)19-11-7-6-10-17(19)18-13-12-16(14-20(18)21)22-15-8-4-3-5-9-15;17-13-8-4-10-2-6-12-14(18)7-3-9-1-5-11(13)16(10)15(9)12/h5-36H,1-4H3;3-14,22H,1-2H3;1-8H. The smallest absolute Gasteiger partial charge is 0.0540 e. The number of hydrogen-bond donors (Lipinski definition) is 1. The number of hydrogen-bond acceptors (Lipinski definition) is 3. The molecule has 0 aromatic heterocycles. The molecule has 0 heterocycles. The Hall–Kier alpha value is -10.8. The molecule has 17 aromatic rings. The van der Waals surface area contributed by atoms with Gasteiger partial charge in [-0.15, -0.1) is 0 Å². The van der Waals surface area contributed by atoms with E-state index in [0.29, 0.717) is 0 Å². The molecule has 0 bridgehead atoms. The molecule has 0 fully saturated rings. The van der Waals surface area contributed by atoms with E-state index in [1.807, 2.05) is 6.07 Å². The number of anilines is 8. The van der Waals surface area contributed by atoms with Gasteiger partial charge in [0.25, 0.3) is 0 Å². The fraction of sp³-hybridized carbons (Fsp3) is 0.0947. The van der Waals surface area contributed by atoms with Gasteiger partial charge in [-0.25, -0.2) is 0 Å². The molecule has 0 unspecified atom stereocenters. The van der Waals surface area contributed by atoms with Crippen molar-refractivity contribution in [2.45, 2.75) is 57.8 Å². The minimum absolute atomic E-state index is 0.0559. The highest BCUT2D eigenvalue weighted by molar-refractivity contribution is 9.11. The Kier molecular flexibility index (Phi) is 14.6. The van der Waals surface area contributed by atoms with Crippen LogP contribution < -0.4 is 15.1 Å². The third-order valence-electron chi connectivity index (χ3n) is 22.0. The predicted molar refractivity (Wildman–Crippen MR) is 434 cm³/mol. The van der Waals surface area contributed by atoms with E-state index in [2.05, 4.69) is 398 Å². The lowest BCUT2D eigenvalue weighted by Crippen LogP contribution is -2.17. The van der Waals surface area contributed by atoms with E-state index >= 15 is 0 Å². The van der Waals surface area contributed by atoms with Gasteiger partial charge in [0.2, 0.25) is 0 Å². The van der Waals surface area contributed by atoms with Crippen molar-refractivity contribution in [3.8, 4) is 33.4 Å². The molecule has 0 atom stereocenters. The van der Waals surface area contributed by atoms with Crippen LogP contribution in [0.3, 0.4) is 0 Å². The molecular weight excluding hydrogens is 1340 g/mol. The molecule has 5 heteroatoms. The van der Waals surface area contributed by atoms with Crippen molar-refractivity contribution in [1.29, 1.82) is 0 Å². The summed E-state index contributed by atoms with van der Waals surface area (Å²) in [6.07, 6.45) is 0. The number of fused-ring (bicyclic) bond motifs is 9. The molecule has 480 valence electrons. The maximum absolute atomic E-state index is 3.65. The average Bonchev–Trinajstić information content (AvgIpc) is 0.884. The monoisotopic (exact) mass is 1410 g/mol. The maximum atomic E-state index is 3.65. The van der Waals surface area contributed by atoms with E-state index in [-0.39, 0.29) is 16.2 Å². The number of nitrogens with zero attached hydrogens (tertiary/aromatic N) is 2. The van der Waals surface area contributed by atoms with Crippen molar-refractivity contribution in [2.24, 2.45) is 0 Å². The van der Waals surface area contributed by atoms with Gasteiger partial charge in [0, 0.05) is 70.1 Å². The summed E-state index contributed by atoms with van der Waals surface area (Å²) in [6.45, 7) is 14.1. The summed E-state index contributed by atoms with van der Waals surface area (Å²) in [7, 11) is 0. The summed E-state index contributed by atoms with van der Waals surface area (Å²) in [4.78, 5) is 4.93. The lowest BCUT2D eigenvalue weighted by molar-refractivity contribution is 0.660. The van der Waals surface area contributed by atoms with Gasteiger partial charge in [0.1, 0.15) is 0 Å². The Morgan fingerprint density at radius 2 is 0.550 bits per heavy atom. The quantitative estimate of drug-likeness (QED) is 0.153. The second-order valence-electron chi connectivity index (χ2n) is 28.7. The fourth-order valence-electron chi connectivity index (χ4n) is 17.0. The van der Waals surface area contributed by atoms with Gasteiger partial charge >= 0.3 is 0 Å². The van der Waals surface area contributed by atoms with E-state index in [4.69, 9.17) is 0 Å². The van der Waals surface area contributed by atoms with Crippen molar-refractivity contribution in [1.82, 2.24) is 0 Å². The molecule has 3 aliphatic rings. The number of benzene rings is 17. The maximum Gasteiger partial charge on any atom is 0.0540 e. The lowest BCUT2D eigenvalue weighted by atomic mass is 9.82. The second-order valence-corrected chi connectivity index (χ2v) is 30.4. The predicted octanol–water partition coefficient (Wildman–Crippen LogP) is 28.0. The first kappa shape index (κ1) is 61.5. The van der Waals surface area contributed by atoms with Crippen LogP contribution >= 0.6 is 31.9 Å². The van der Waals surface area contributed by atoms with Gasteiger partial charge in [-0.05, 0) is 218 Å². The van der Waals surface area contributed by atoms with E-state index in [1.54, 1.807) is 0 Å². The van der Waals surface area contributed by atoms with Gasteiger partial charge < -0.3 is 15.1 Å². The zero-order chi connectivity index (χ0) is 67.8. The van der Waals surface area contributed by atoms with Gasteiger partial charge in [0.15, 0.2) is 0 Å². The Balaban J connectivity index is 0.000000145. The van der Waals surface area contributed by atoms with Crippen LogP contribution in [-0.4, -0.2) is 0 Å². The summed E-state index contributed by atoms with van der Waals surface area (Å²) in [6, 6.07) is 115. The molecule has 0 aliphatic heterocycles. The molecule has 0 amide bonds. The molecule has 0 radical (unpaired) electrons. The number of halogens is 2. The molecule has 17 aromatic carbocycles. The SMILES string of the molecule is Brc1ccc2ccc3c(Br)ccc4ccc1c2c43.CC1(C)c2ccccc2-c2ccc(N(c3ccccc3)c3ccc4ccc5c(N(c6ccccc6)c6ccc7c(c6)C(C)(C)c6ccccc6-7)ccc6ccc3c4c65)cc21.CC1(C)c2ccccc2-c2ccc(Nc3ccccc3)cc21. The number of nitrogens with one attached hydrogen (secondary N) is 1. The van der Waals surface area contributed by atoms with Crippen LogP contribution in [0.25, 0.3) is 98.0 Å². The zero-order valence-corrected chi connectivity index (χ0v) is 59.8. The Labute approximate surface area is 601 Å². The van der Waals surface area contributed by atoms with Crippen molar-refractivity contribution < 1.29 is 0 Å². The molecule has 1 N–H and O–H groups in total. The van der Waals surface area contributed by atoms with Crippen molar-refractivity contribution >= 4 is 142 Å². The fourth-order valence-corrected chi connectivity index (χ4v) is 18.0. The van der Waals surface area contributed by atoms with Crippen molar-refractivity contribution in [3.63, 3.8) is 0 Å². The highest BCUT2D eigenvalue weighted by atomic mass is 79.9. The Morgan fingerprint density at radius 1 is 0.240 bits per heavy atom. The number of rotatable bonds is 8. The van der Waals surface area contributed by atoms with Crippen LogP contribution in [0.1, 0.15) is 74.9 Å². The molecule has 20 rings (SSSR count). The lowest BCUT2D eigenvalue weighted by Gasteiger charge is -2.30. The summed E-state index contributed by atoms with van der Waals surface area (Å²) < 4.78 is 2.31. The van der Waals surface area contributed by atoms with Crippen LogP contribution in [0.2, 0.25) is 0 Å². The van der Waals surface area contributed by atoms with E-state index in [0.717, 1.165) is 43.1 Å². The van der Waals surface area contributed by atoms with Gasteiger partial charge in [0.05, 0.1) is 11.4 Å². The Morgan fingerprint density at radius 3 is 0.960 bits per heavy atom. The van der Waals surface area contributed by atoms with E-state index in [9.17, 15) is 0 Å². The first-order valence-electron chi connectivity index (χ1n) is 34.7. The van der Waals surface area contributed by atoms with Crippen LogP contribution in [0.4, 0.5) is 45.5 Å². The highest BCUT2D eigenvalue weighted by Crippen LogP contribution is 2.55. The topological polar surface area (TPSA) is 18.5 Å². The zero-order valence-electron chi connectivity index (χ0n) is 56.7. The summed E-state index contributed by atoms with van der Waals surface area (Å²) >= 11 is 7.30. The average molecular weight is 1410 g/mol. The normalized spacial score (nSPS) is 13.8. The molecule has 3 nitrogen and oxygen atoms in total. The highest BCUT2D eigenvalue weighted by Gasteiger charge is 2.39. The first-order valence-corrected chi connectivity index (χ1v) is 36.3. The van der Waals surface area contributed by atoms with Crippen LogP contribution in [0, 0.1) is 0 Å². The minimum atomic E-state index is -0.105. The third-order valence-corrected chi connectivity index (χ3v) is 23.4. The molecule has 0 saturated heterocycles. The van der Waals surface area contributed by atoms with Gasteiger partial charge in [-0.3, -0.25) is 0 Å². The molecule has 3 aliphatic carbocycles. The minimum Gasteiger partial charge on any atom is -0.356 e. The van der Waals surface area contributed by atoms with Crippen LogP contribution in [-0.2, 0) is 16.2 Å². The number of para-hydroxylation sites is 3. The van der Waals surface area contributed by atoms with Gasteiger partial charge in [-0.1, -0.05) is 292 Å².